The van der Waals surface area contributed by atoms with Crippen LogP contribution in [0.5, 0.6) is 0 Å². The lowest BCUT2D eigenvalue weighted by molar-refractivity contribution is -0.142. The van der Waals surface area contributed by atoms with Gasteiger partial charge < -0.3 is 10.4 Å². The highest BCUT2D eigenvalue weighted by Crippen LogP contribution is 2.17. The van der Waals surface area contributed by atoms with E-state index in [1.54, 1.807) is 0 Å². The van der Waals surface area contributed by atoms with Crippen molar-refractivity contribution in [1.82, 2.24) is 15.5 Å². The van der Waals surface area contributed by atoms with Crippen molar-refractivity contribution in [2.24, 2.45) is 0 Å². The Kier molecular flexibility index (Phi) is 5.75. The Morgan fingerprint density at radius 1 is 1.32 bits per heavy atom. The van der Waals surface area contributed by atoms with E-state index >= 15 is 0 Å². The van der Waals surface area contributed by atoms with E-state index in [0.717, 1.165) is 25.7 Å². The number of rotatable bonds is 5. The lowest BCUT2D eigenvalue weighted by atomic mass is 10.2. The second-order valence-electron chi connectivity index (χ2n) is 4.93. The summed E-state index contributed by atoms with van der Waals surface area (Å²) >= 11 is 0. The van der Waals surface area contributed by atoms with Crippen molar-refractivity contribution >= 4 is 17.9 Å². The van der Waals surface area contributed by atoms with Gasteiger partial charge in [0.05, 0.1) is 6.54 Å². The molecule has 0 aromatic carbocycles. The van der Waals surface area contributed by atoms with Crippen LogP contribution in [0.3, 0.4) is 0 Å². The molecule has 19 heavy (non-hydrogen) atoms. The molecule has 0 bridgehead atoms. The maximum Gasteiger partial charge on any atom is 0.321 e. The van der Waals surface area contributed by atoms with Crippen molar-refractivity contribution in [3.8, 4) is 0 Å². The zero-order valence-corrected chi connectivity index (χ0v) is 11.3. The van der Waals surface area contributed by atoms with E-state index in [-0.39, 0.29) is 12.6 Å². The SMILES string of the molecule is CC(C(=O)O)N(C)CC(=O)NC(=O)NC1CCCC1. The number of amides is 3. The normalized spacial score (nSPS) is 17.2. The molecule has 1 unspecified atom stereocenters. The Morgan fingerprint density at radius 3 is 2.42 bits per heavy atom. The third-order valence-corrected chi connectivity index (χ3v) is 3.35. The minimum absolute atomic E-state index is 0.133. The smallest absolute Gasteiger partial charge is 0.321 e. The van der Waals surface area contributed by atoms with Crippen LogP contribution in [0.2, 0.25) is 0 Å². The van der Waals surface area contributed by atoms with E-state index in [1.165, 1.54) is 18.9 Å². The van der Waals surface area contributed by atoms with Crippen LogP contribution in [0.25, 0.3) is 0 Å². The van der Waals surface area contributed by atoms with Crippen LogP contribution in [0.1, 0.15) is 32.6 Å². The lowest BCUT2D eigenvalue weighted by Gasteiger charge is -2.20. The van der Waals surface area contributed by atoms with E-state index in [2.05, 4.69) is 10.6 Å². The van der Waals surface area contributed by atoms with Crippen molar-refractivity contribution < 1.29 is 19.5 Å². The number of aliphatic carboxylic acids is 1. The van der Waals surface area contributed by atoms with Gasteiger partial charge in [-0.15, -0.1) is 0 Å². The summed E-state index contributed by atoms with van der Waals surface area (Å²) in [7, 11) is 1.52. The second kappa shape index (κ2) is 7.08. The van der Waals surface area contributed by atoms with Crippen molar-refractivity contribution in [2.45, 2.75) is 44.7 Å². The van der Waals surface area contributed by atoms with E-state index in [9.17, 15) is 14.4 Å². The summed E-state index contributed by atoms with van der Waals surface area (Å²) in [5.41, 5.74) is 0. The molecule has 1 atom stereocenters. The predicted molar refractivity (Wildman–Crippen MR) is 68.7 cm³/mol. The molecule has 0 radical (unpaired) electrons. The molecule has 7 nitrogen and oxygen atoms in total. The standard InChI is InChI=1S/C12H21N3O4/c1-8(11(17)18)15(2)7-10(16)14-12(19)13-9-5-3-4-6-9/h8-9H,3-7H2,1-2H3,(H,17,18)(H2,13,14,16,19). The van der Waals surface area contributed by atoms with Gasteiger partial charge in [0.1, 0.15) is 6.04 Å². The monoisotopic (exact) mass is 271 g/mol. The molecule has 1 aliphatic rings. The minimum atomic E-state index is -1.01. The molecule has 1 fully saturated rings. The Labute approximate surface area is 112 Å². The minimum Gasteiger partial charge on any atom is -0.480 e. The predicted octanol–water partition coefficient (Wildman–Crippen LogP) is 0.160. The molecular weight excluding hydrogens is 250 g/mol. The quantitative estimate of drug-likeness (QED) is 0.661. The number of likely N-dealkylation sites (N-methyl/N-ethyl adjacent to an activating group) is 1. The average molecular weight is 271 g/mol. The van der Waals surface area contributed by atoms with Gasteiger partial charge in [-0.25, -0.2) is 4.79 Å². The summed E-state index contributed by atoms with van der Waals surface area (Å²) in [5.74, 6) is -1.52. The maximum absolute atomic E-state index is 11.6. The molecular formula is C12H21N3O4. The van der Waals surface area contributed by atoms with E-state index in [0.29, 0.717) is 0 Å². The molecule has 0 aliphatic heterocycles. The average Bonchev–Trinajstić information content (AvgIpc) is 2.79. The van der Waals surface area contributed by atoms with Crippen molar-refractivity contribution in [1.29, 1.82) is 0 Å². The van der Waals surface area contributed by atoms with Crippen LogP contribution in [-0.2, 0) is 9.59 Å². The first-order valence-electron chi connectivity index (χ1n) is 6.43. The zero-order valence-electron chi connectivity index (χ0n) is 11.3. The molecule has 0 heterocycles. The fraction of sp³-hybridized carbons (Fsp3) is 0.750. The number of carboxylic acid groups (broad SMARTS) is 1. The summed E-state index contributed by atoms with van der Waals surface area (Å²) < 4.78 is 0. The van der Waals surface area contributed by atoms with E-state index in [4.69, 9.17) is 5.11 Å². The summed E-state index contributed by atoms with van der Waals surface area (Å²) in [6.45, 7) is 1.35. The summed E-state index contributed by atoms with van der Waals surface area (Å²) in [6, 6.07) is -1.14. The Hall–Kier alpha value is -1.63. The number of nitrogens with one attached hydrogen (secondary N) is 2. The van der Waals surface area contributed by atoms with Gasteiger partial charge in [0, 0.05) is 6.04 Å². The van der Waals surface area contributed by atoms with Crippen LogP contribution in [0, 0.1) is 0 Å². The molecule has 3 amide bonds. The molecule has 1 aliphatic carbocycles. The van der Waals surface area contributed by atoms with Crippen LogP contribution in [-0.4, -0.2) is 53.6 Å². The van der Waals surface area contributed by atoms with E-state index < -0.39 is 23.9 Å². The first-order valence-corrected chi connectivity index (χ1v) is 6.43. The van der Waals surface area contributed by atoms with Crippen molar-refractivity contribution in [2.75, 3.05) is 13.6 Å². The second-order valence-corrected chi connectivity index (χ2v) is 4.93. The fourth-order valence-electron chi connectivity index (χ4n) is 2.01. The first-order chi connectivity index (χ1) is 8.90. The van der Waals surface area contributed by atoms with Crippen LogP contribution in [0.15, 0.2) is 0 Å². The molecule has 1 saturated carbocycles. The van der Waals surface area contributed by atoms with Gasteiger partial charge in [-0.1, -0.05) is 12.8 Å². The van der Waals surface area contributed by atoms with Gasteiger partial charge >= 0.3 is 12.0 Å². The molecule has 108 valence electrons. The number of imide groups is 1. The Morgan fingerprint density at radius 2 is 1.89 bits per heavy atom. The zero-order chi connectivity index (χ0) is 14.4. The van der Waals surface area contributed by atoms with Gasteiger partial charge in [-0.2, -0.15) is 0 Å². The third kappa shape index (κ3) is 5.25. The third-order valence-electron chi connectivity index (χ3n) is 3.35. The first kappa shape index (κ1) is 15.4. The molecule has 0 aromatic rings. The largest absolute Gasteiger partial charge is 0.480 e. The van der Waals surface area contributed by atoms with Crippen molar-refractivity contribution in [3.05, 3.63) is 0 Å². The number of urea groups is 1. The Bertz CT molecular complexity index is 353. The number of carbonyl (C=O) groups excluding carboxylic acids is 2. The number of hydrogen-bond donors (Lipinski definition) is 3. The molecule has 7 heteroatoms. The number of hydrogen-bond acceptors (Lipinski definition) is 4. The molecule has 0 spiro atoms. The van der Waals surface area contributed by atoms with Crippen LogP contribution < -0.4 is 10.6 Å². The number of carboxylic acids is 1. The van der Waals surface area contributed by atoms with Gasteiger partial charge in [0.25, 0.3) is 0 Å². The van der Waals surface area contributed by atoms with Crippen molar-refractivity contribution in [3.63, 3.8) is 0 Å². The highest BCUT2D eigenvalue weighted by atomic mass is 16.4. The lowest BCUT2D eigenvalue weighted by Crippen LogP contribution is -2.48. The summed E-state index contributed by atoms with van der Waals surface area (Å²) in [5, 5.41) is 13.7. The van der Waals surface area contributed by atoms with E-state index in [1.807, 2.05) is 0 Å². The molecule has 3 N–H and O–H groups in total. The Balaban J connectivity index is 2.29. The maximum atomic E-state index is 11.6. The topological polar surface area (TPSA) is 98.7 Å². The van der Waals surface area contributed by atoms with Gasteiger partial charge in [-0.3, -0.25) is 19.8 Å². The molecule has 1 rings (SSSR count). The fourth-order valence-corrected chi connectivity index (χ4v) is 2.01. The van der Waals surface area contributed by atoms with Gasteiger partial charge in [-0.05, 0) is 26.8 Å². The van der Waals surface area contributed by atoms with Gasteiger partial charge in [0.15, 0.2) is 0 Å². The number of carbonyl (C=O) groups is 3. The highest BCUT2D eigenvalue weighted by Gasteiger charge is 2.21. The van der Waals surface area contributed by atoms with Gasteiger partial charge in [0.2, 0.25) is 5.91 Å². The molecule has 0 aromatic heterocycles. The number of nitrogens with zero attached hydrogens (tertiary/aromatic N) is 1. The molecule has 0 saturated heterocycles. The van der Waals surface area contributed by atoms with Crippen LogP contribution in [0.4, 0.5) is 4.79 Å². The van der Waals surface area contributed by atoms with Crippen LogP contribution >= 0.6 is 0 Å². The summed E-state index contributed by atoms with van der Waals surface area (Å²) in [6.07, 6.45) is 4.07. The highest BCUT2D eigenvalue weighted by molar-refractivity contribution is 5.95. The summed E-state index contributed by atoms with van der Waals surface area (Å²) in [4.78, 5) is 35.2.